The number of hydrazone groups is 1. The van der Waals surface area contributed by atoms with E-state index in [4.69, 9.17) is 10.9 Å². The smallest absolute Gasteiger partial charge is 0.326 e. The van der Waals surface area contributed by atoms with E-state index in [1.165, 1.54) is 6.21 Å². The number of nitrogens with zero attached hydrogens (tertiary/aromatic N) is 2. The van der Waals surface area contributed by atoms with E-state index in [0.29, 0.717) is 19.4 Å². The molecule has 2 atom stereocenters. The molecule has 0 spiro atoms. The number of piperidine rings is 1. The van der Waals surface area contributed by atoms with Gasteiger partial charge in [0.05, 0.1) is 6.21 Å². The minimum absolute atomic E-state index is 0.00295. The Hall–Kier alpha value is -2.90. The predicted molar refractivity (Wildman–Crippen MR) is 97.8 cm³/mol. The van der Waals surface area contributed by atoms with Crippen LogP contribution >= 0.6 is 0 Å². The number of aliphatic carboxylic acids is 1. The molecule has 4 N–H and O–H groups in total. The predicted octanol–water partition coefficient (Wildman–Crippen LogP) is 1.09. The van der Waals surface area contributed by atoms with Gasteiger partial charge in [0, 0.05) is 24.6 Å². The third kappa shape index (κ3) is 4.81. The van der Waals surface area contributed by atoms with Crippen molar-refractivity contribution < 1.29 is 19.5 Å². The van der Waals surface area contributed by atoms with E-state index in [9.17, 15) is 14.4 Å². The van der Waals surface area contributed by atoms with E-state index < -0.39 is 23.8 Å². The Kier molecular flexibility index (Phi) is 6.71. The number of rotatable bonds is 7. The van der Waals surface area contributed by atoms with Crippen LogP contribution in [-0.2, 0) is 14.4 Å². The first-order valence-corrected chi connectivity index (χ1v) is 8.63. The van der Waals surface area contributed by atoms with Gasteiger partial charge < -0.3 is 21.2 Å². The van der Waals surface area contributed by atoms with Crippen molar-refractivity contribution in [2.24, 2.45) is 16.9 Å². The summed E-state index contributed by atoms with van der Waals surface area (Å²) in [6.07, 6.45) is 3.21. The minimum Gasteiger partial charge on any atom is -0.480 e. The third-order valence-corrected chi connectivity index (χ3v) is 4.45. The zero-order valence-corrected chi connectivity index (χ0v) is 14.7. The Morgan fingerprint density at radius 3 is 2.69 bits per heavy atom. The highest BCUT2D eigenvalue weighted by molar-refractivity contribution is 5.98. The van der Waals surface area contributed by atoms with Crippen LogP contribution in [-0.4, -0.2) is 41.7 Å². The fourth-order valence-corrected chi connectivity index (χ4v) is 3.04. The number of hydrogen-bond donors (Lipinski definition) is 3. The van der Waals surface area contributed by atoms with Crippen LogP contribution in [0.1, 0.15) is 38.2 Å². The van der Waals surface area contributed by atoms with E-state index in [1.807, 2.05) is 24.3 Å². The molecule has 2 rings (SSSR count). The van der Waals surface area contributed by atoms with Gasteiger partial charge in [-0.05, 0) is 37.0 Å². The van der Waals surface area contributed by atoms with Crippen molar-refractivity contribution in [3.63, 3.8) is 0 Å². The van der Waals surface area contributed by atoms with Crippen LogP contribution in [0.25, 0.3) is 0 Å². The summed E-state index contributed by atoms with van der Waals surface area (Å²) in [6.45, 7) is 2.28. The zero-order valence-electron chi connectivity index (χ0n) is 14.7. The molecule has 8 nitrogen and oxygen atoms in total. The normalized spacial score (nSPS) is 18.7. The minimum atomic E-state index is -1.07. The largest absolute Gasteiger partial charge is 0.480 e. The summed E-state index contributed by atoms with van der Waals surface area (Å²) < 4.78 is 0. The number of benzene rings is 1. The summed E-state index contributed by atoms with van der Waals surface area (Å²) in [5.41, 5.74) is 1.59. The standard InChI is InChI=1S/C18H24N4O4/c1-2-15(18(25)26)21-16(23)10-13-4-3-9-22(17(13)24)14-7-5-12(6-8-14)11-20-19/h5-8,11,13,15H,2-4,9-10,19H2,1H3,(H,21,23)(H,25,26). The van der Waals surface area contributed by atoms with Gasteiger partial charge in [-0.15, -0.1) is 0 Å². The molecule has 2 unspecified atom stereocenters. The topological polar surface area (TPSA) is 125 Å². The van der Waals surface area contributed by atoms with Crippen LogP contribution in [0, 0.1) is 5.92 Å². The quantitative estimate of drug-likeness (QED) is 0.381. The zero-order chi connectivity index (χ0) is 19.1. The highest BCUT2D eigenvalue weighted by Crippen LogP contribution is 2.26. The van der Waals surface area contributed by atoms with Crippen molar-refractivity contribution in [3.8, 4) is 0 Å². The van der Waals surface area contributed by atoms with Gasteiger partial charge in [-0.2, -0.15) is 5.10 Å². The van der Waals surface area contributed by atoms with Gasteiger partial charge in [0.2, 0.25) is 11.8 Å². The Labute approximate surface area is 152 Å². The molecular weight excluding hydrogens is 336 g/mol. The molecule has 1 saturated heterocycles. The molecule has 1 heterocycles. The molecule has 0 saturated carbocycles. The molecule has 2 amide bonds. The van der Waals surface area contributed by atoms with Crippen LogP contribution in [0.5, 0.6) is 0 Å². The average Bonchev–Trinajstić information content (AvgIpc) is 2.62. The van der Waals surface area contributed by atoms with Crippen molar-refractivity contribution in [3.05, 3.63) is 29.8 Å². The van der Waals surface area contributed by atoms with Crippen molar-refractivity contribution >= 4 is 29.7 Å². The molecule has 1 fully saturated rings. The van der Waals surface area contributed by atoms with Crippen molar-refractivity contribution in [1.29, 1.82) is 0 Å². The summed E-state index contributed by atoms with van der Waals surface area (Å²) in [5, 5.41) is 15.0. The highest BCUT2D eigenvalue weighted by Gasteiger charge is 2.32. The Morgan fingerprint density at radius 2 is 2.12 bits per heavy atom. The molecule has 0 aromatic heterocycles. The van der Waals surface area contributed by atoms with Crippen LogP contribution in [0.3, 0.4) is 0 Å². The molecule has 1 aliphatic rings. The Bertz CT molecular complexity index is 687. The second-order valence-corrected chi connectivity index (χ2v) is 6.27. The second kappa shape index (κ2) is 8.98. The van der Waals surface area contributed by atoms with Gasteiger partial charge in [-0.25, -0.2) is 4.79 Å². The second-order valence-electron chi connectivity index (χ2n) is 6.27. The van der Waals surface area contributed by atoms with E-state index in [0.717, 1.165) is 17.7 Å². The molecular formula is C18H24N4O4. The SMILES string of the molecule is CCC(NC(=O)CC1CCCN(c2ccc(C=NN)cc2)C1=O)C(=O)O. The molecule has 0 radical (unpaired) electrons. The van der Waals surface area contributed by atoms with Gasteiger partial charge in [0.15, 0.2) is 0 Å². The summed E-state index contributed by atoms with van der Waals surface area (Å²) in [6, 6.07) is 6.33. The summed E-state index contributed by atoms with van der Waals surface area (Å²) in [5.74, 6) is 3.08. The number of carboxylic acids is 1. The molecule has 1 aliphatic heterocycles. The maximum absolute atomic E-state index is 12.7. The molecule has 26 heavy (non-hydrogen) atoms. The van der Waals surface area contributed by atoms with Gasteiger partial charge in [0.1, 0.15) is 6.04 Å². The van der Waals surface area contributed by atoms with Crippen molar-refractivity contribution in [2.45, 2.75) is 38.6 Å². The molecule has 0 bridgehead atoms. The monoisotopic (exact) mass is 360 g/mol. The van der Waals surface area contributed by atoms with E-state index in [2.05, 4.69) is 10.4 Å². The number of carboxylic acid groups (broad SMARTS) is 1. The number of carbonyl (C=O) groups is 3. The highest BCUT2D eigenvalue weighted by atomic mass is 16.4. The number of amides is 2. The lowest BCUT2D eigenvalue weighted by Gasteiger charge is -2.32. The lowest BCUT2D eigenvalue weighted by atomic mass is 9.92. The molecule has 8 heteroatoms. The van der Waals surface area contributed by atoms with Crippen LogP contribution in [0.15, 0.2) is 29.4 Å². The number of nitrogens with one attached hydrogen (secondary N) is 1. The number of anilines is 1. The van der Waals surface area contributed by atoms with Crippen molar-refractivity contribution in [2.75, 3.05) is 11.4 Å². The summed E-state index contributed by atoms with van der Waals surface area (Å²) >= 11 is 0. The van der Waals surface area contributed by atoms with Gasteiger partial charge in [-0.3, -0.25) is 9.59 Å². The first-order chi connectivity index (χ1) is 12.5. The van der Waals surface area contributed by atoms with E-state index >= 15 is 0 Å². The molecule has 1 aromatic rings. The number of carbonyl (C=O) groups excluding carboxylic acids is 2. The average molecular weight is 360 g/mol. The van der Waals surface area contributed by atoms with Crippen LogP contribution < -0.4 is 16.1 Å². The van der Waals surface area contributed by atoms with Gasteiger partial charge in [-0.1, -0.05) is 19.1 Å². The van der Waals surface area contributed by atoms with Crippen LogP contribution in [0.4, 0.5) is 5.69 Å². The van der Waals surface area contributed by atoms with Gasteiger partial charge in [0.25, 0.3) is 0 Å². The lowest BCUT2D eigenvalue weighted by molar-refractivity contribution is -0.142. The fraction of sp³-hybridized carbons (Fsp3) is 0.444. The molecule has 140 valence electrons. The Balaban J connectivity index is 2.02. The maximum atomic E-state index is 12.7. The van der Waals surface area contributed by atoms with E-state index in [1.54, 1.807) is 11.8 Å². The van der Waals surface area contributed by atoms with Crippen LogP contribution in [0.2, 0.25) is 0 Å². The first-order valence-electron chi connectivity index (χ1n) is 8.63. The molecule has 1 aromatic carbocycles. The third-order valence-electron chi connectivity index (χ3n) is 4.45. The summed E-state index contributed by atoms with van der Waals surface area (Å²) in [7, 11) is 0. The first kappa shape index (κ1) is 19.4. The fourth-order valence-electron chi connectivity index (χ4n) is 3.04. The maximum Gasteiger partial charge on any atom is 0.326 e. The van der Waals surface area contributed by atoms with Gasteiger partial charge >= 0.3 is 5.97 Å². The van der Waals surface area contributed by atoms with E-state index in [-0.39, 0.29) is 12.3 Å². The lowest BCUT2D eigenvalue weighted by Crippen LogP contribution is -2.45. The Morgan fingerprint density at radius 1 is 1.42 bits per heavy atom. The number of hydrogen-bond acceptors (Lipinski definition) is 5. The summed E-state index contributed by atoms with van der Waals surface area (Å²) in [4.78, 5) is 37.6. The van der Waals surface area contributed by atoms with Crippen molar-refractivity contribution in [1.82, 2.24) is 5.32 Å². The number of nitrogens with two attached hydrogens (primary N) is 1. The molecule has 0 aliphatic carbocycles.